The van der Waals surface area contributed by atoms with Crippen LogP contribution in [0.2, 0.25) is 5.02 Å². The molecule has 0 aliphatic rings. The number of carbonyl (C=O) groups is 2. The van der Waals surface area contributed by atoms with Gasteiger partial charge >= 0.3 is 5.97 Å². The molecule has 1 N–H and O–H groups in total. The van der Waals surface area contributed by atoms with Crippen molar-refractivity contribution in [3.8, 4) is 17.6 Å². The number of para-hydroxylation sites is 1. The maximum absolute atomic E-state index is 12.8. The lowest BCUT2D eigenvalue weighted by atomic mass is 10.1. The molecule has 1 amide bonds. The molecule has 0 bridgehead atoms. The number of hydrogen-bond acceptors (Lipinski definition) is 6. The van der Waals surface area contributed by atoms with Gasteiger partial charge in [-0.1, -0.05) is 41.9 Å². The fourth-order valence-corrected chi connectivity index (χ4v) is 3.25. The highest BCUT2D eigenvalue weighted by Crippen LogP contribution is 2.30. The SMILES string of the molecule is CCOc1cc(/C=C(\C#N)C(=O)Nc2ccccc2C(=O)OC)ccc1OCc1ccc(Cl)cc1. The minimum absolute atomic E-state index is 0.151. The first-order valence-electron chi connectivity index (χ1n) is 10.7. The number of hydrogen-bond donors (Lipinski definition) is 1. The van der Waals surface area contributed by atoms with E-state index < -0.39 is 11.9 Å². The number of amides is 1. The van der Waals surface area contributed by atoms with Crippen molar-refractivity contribution in [1.29, 1.82) is 5.26 Å². The standard InChI is InChI=1S/C27H23ClN2O5/c1-3-34-25-15-19(10-13-24(25)35-17-18-8-11-21(28)12-9-18)14-20(16-29)26(31)30-23-7-5-4-6-22(23)27(32)33-2/h4-15H,3,17H2,1-2H3,(H,30,31)/b20-14+. The van der Waals surface area contributed by atoms with E-state index in [0.29, 0.717) is 35.3 Å². The van der Waals surface area contributed by atoms with Crippen LogP contribution in [-0.4, -0.2) is 25.6 Å². The van der Waals surface area contributed by atoms with E-state index >= 15 is 0 Å². The second-order valence-electron chi connectivity index (χ2n) is 7.22. The van der Waals surface area contributed by atoms with Crippen LogP contribution in [0, 0.1) is 11.3 Å². The van der Waals surface area contributed by atoms with Crippen LogP contribution in [0.15, 0.2) is 72.3 Å². The molecule has 0 unspecified atom stereocenters. The first-order valence-corrected chi connectivity index (χ1v) is 11.1. The number of ether oxygens (including phenoxy) is 3. The van der Waals surface area contributed by atoms with Crippen molar-refractivity contribution < 1.29 is 23.8 Å². The van der Waals surface area contributed by atoms with E-state index in [1.807, 2.05) is 25.1 Å². The number of rotatable bonds is 9. The van der Waals surface area contributed by atoms with E-state index in [1.165, 1.54) is 19.3 Å². The van der Waals surface area contributed by atoms with Crippen molar-refractivity contribution in [1.82, 2.24) is 0 Å². The number of esters is 1. The first-order chi connectivity index (χ1) is 16.9. The maximum Gasteiger partial charge on any atom is 0.339 e. The third-order valence-corrected chi connectivity index (χ3v) is 5.08. The Labute approximate surface area is 208 Å². The minimum Gasteiger partial charge on any atom is -0.490 e. The molecule has 3 aromatic rings. The van der Waals surface area contributed by atoms with Crippen molar-refractivity contribution in [2.45, 2.75) is 13.5 Å². The Bertz CT molecular complexity index is 1280. The Balaban J connectivity index is 1.80. The van der Waals surface area contributed by atoms with Gasteiger partial charge in [-0.25, -0.2) is 4.79 Å². The van der Waals surface area contributed by atoms with Crippen molar-refractivity contribution in [2.24, 2.45) is 0 Å². The average molecular weight is 491 g/mol. The molecule has 0 saturated carbocycles. The largest absolute Gasteiger partial charge is 0.490 e. The molecule has 0 aromatic heterocycles. The molecule has 3 aromatic carbocycles. The van der Waals surface area contributed by atoms with E-state index in [4.69, 9.17) is 25.8 Å². The van der Waals surface area contributed by atoms with Crippen LogP contribution in [-0.2, 0) is 16.1 Å². The van der Waals surface area contributed by atoms with Crippen LogP contribution in [0.3, 0.4) is 0 Å². The monoisotopic (exact) mass is 490 g/mol. The third-order valence-electron chi connectivity index (χ3n) is 4.83. The van der Waals surface area contributed by atoms with Gasteiger partial charge in [0.25, 0.3) is 5.91 Å². The van der Waals surface area contributed by atoms with Gasteiger partial charge in [-0.2, -0.15) is 5.26 Å². The van der Waals surface area contributed by atoms with E-state index in [0.717, 1.165) is 5.56 Å². The molecule has 178 valence electrons. The second-order valence-corrected chi connectivity index (χ2v) is 7.65. The maximum atomic E-state index is 12.8. The Hall–Kier alpha value is -4.28. The fourth-order valence-electron chi connectivity index (χ4n) is 3.13. The van der Waals surface area contributed by atoms with Crippen LogP contribution in [0.4, 0.5) is 5.69 Å². The van der Waals surface area contributed by atoms with E-state index in [9.17, 15) is 14.9 Å². The van der Waals surface area contributed by atoms with Crippen molar-refractivity contribution in [3.05, 3.63) is 94.0 Å². The Morgan fingerprint density at radius 1 is 1.03 bits per heavy atom. The number of benzene rings is 3. The molecule has 7 nitrogen and oxygen atoms in total. The molecular formula is C27H23ClN2O5. The zero-order chi connectivity index (χ0) is 25.2. The lowest BCUT2D eigenvalue weighted by Crippen LogP contribution is -2.16. The summed E-state index contributed by atoms with van der Waals surface area (Å²) in [7, 11) is 1.25. The molecule has 8 heteroatoms. The van der Waals surface area contributed by atoms with Crippen LogP contribution in [0.25, 0.3) is 6.08 Å². The Morgan fingerprint density at radius 3 is 2.46 bits per heavy atom. The minimum atomic E-state index is -0.662. The van der Waals surface area contributed by atoms with Gasteiger partial charge < -0.3 is 19.5 Å². The number of halogens is 1. The highest BCUT2D eigenvalue weighted by molar-refractivity contribution is 6.30. The average Bonchev–Trinajstić information content (AvgIpc) is 2.87. The summed E-state index contributed by atoms with van der Waals surface area (Å²) >= 11 is 5.92. The summed E-state index contributed by atoms with van der Waals surface area (Å²) in [4.78, 5) is 24.7. The molecule has 0 saturated heterocycles. The van der Waals surface area contributed by atoms with E-state index in [2.05, 4.69) is 5.32 Å². The summed E-state index contributed by atoms with van der Waals surface area (Å²) in [6.45, 7) is 2.57. The molecular weight excluding hydrogens is 468 g/mol. The van der Waals surface area contributed by atoms with Crippen LogP contribution in [0.1, 0.15) is 28.4 Å². The zero-order valence-corrected chi connectivity index (χ0v) is 20.0. The quantitative estimate of drug-likeness (QED) is 0.236. The summed E-state index contributed by atoms with van der Waals surface area (Å²) in [6.07, 6.45) is 1.43. The van der Waals surface area contributed by atoms with Crippen molar-refractivity contribution in [2.75, 3.05) is 19.0 Å². The Morgan fingerprint density at radius 2 is 1.77 bits per heavy atom. The summed E-state index contributed by atoms with van der Waals surface area (Å²) in [5, 5.41) is 12.8. The number of methoxy groups -OCH3 is 1. The lowest BCUT2D eigenvalue weighted by molar-refractivity contribution is -0.112. The van der Waals surface area contributed by atoms with Gasteiger partial charge in [0, 0.05) is 5.02 Å². The zero-order valence-electron chi connectivity index (χ0n) is 19.2. The van der Waals surface area contributed by atoms with Gasteiger partial charge in [-0.15, -0.1) is 0 Å². The smallest absolute Gasteiger partial charge is 0.339 e. The fraction of sp³-hybridized carbons (Fsp3) is 0.148. The molecule has 3 rings (SSSR count). The number of nitriles is 1. The van der Waals surface area contributed by atoms with Gasteiger partial charge in [-0.05, 0) is 60.5 Å². The number of carbonyl (C=O) groups excluding carboxylic acids is 2. The number of anilines is 1. The van der Waals surface area contributed by atoms with Crippen LogP contribution >= 0.6 is 11.6 Å². The first kappa shape index (κ1) is 25.3. The van der Waals surface area contributed by atoms with Crippen molar-refractivity contribution in [3.63, 3.8) is 0 Å². The van der Waals surface area contributed by atoms with Crippen LogP contribution in [0.5, 0.6) is 11.5 Å². The highest BCUT2D eigenvalue weighted by Gasteiger charge is 2.16. The summed E-state index contributed by atoms with van der Waals surface area (Å²) in [5.74, 6) is -0.262. The van der Waals surface area contributed by atoms with Gasteiger partial charge in [-0.3, -0.25) is 4.79 Å². The molecule has 0 aliphatic heterocycles. The van der Waals surface area contributed by atoms with E-state index in [-0.39, 0.29) is 16.8 Å². The van der Waals surface area contributed by atoms with Crippen molar-refractivity contribution >= 4 is 35.2 Å². The third kappa shape index (κ3) is 6.85. The van der Waals surface area contributed by atoms with Gasteiger partial charge in [0.2, 0.25) is 0 Å². The second kappa shape index (κ2) is 12.3. The molecule has 0 aliphatic carbocycles. The van der Waals surface area contributed by atoms with Gasteiger partial charge in [0.05, 0.1) is 25.0 Å². The van der Waals surface area contributed by atoms with Crippen LogP contribution < -0.4 is 14.8 Å². The van der Waals surface area contributed by atoms with E-state index in [1.54, 1.807) is 48.5 Å². The lowest BCUT2D eigenvalue weighted by Gasteiger charge is -2.13. The normalized spacial score (nSPS) is 10.7. The number of nitrogens with zero attached hydrogens (tertiary/aromatic N) is 1. The molecule has 0 spiro atoms. The molecule has 0 heterocycles. The molecule has 0 radical (unpaired) electrons. The Kier molecular flexibility index (Phi) is 8.88. The summed E-state index contributed by atoms with van der Waals surface area (Å²) in [6, 6.07) is 20.7. The van der Waals surface area contributed by atoms with Gasteiger partial charge in [0.15, 0.2) is 11.5 Å². The summed E-state index contributed by atoms with van der Waals surface area (Å²) in [5.41, 5.74) is 1.78. The molecule has 0 fully saturated rings. The van der Waals surface area contributed by atoms with Gasteiger partial charge in [0.1, 0.15) is 18.2 Å². The molecule has 0 atom stereocenters. The highest BCUT2D eigenvalue weighted by atomic mass is 35.5. The summed E-state index contributed by atoms with van der Waals surface area (Å²) < 4.78 is 16.3. The number of nitrogens with one attached hydrogen (secondary N) is 1. The predicted octanol–water partition coefficient (Wildman–Crippen LogP) is 5.65. The molecule has 35 heavy (non-hydrogen) atoms. The predicted molar refractivity (Wildman–Crippen MR) is 133 cm³/mol. The topological polar surface area (TPSA) is 97.7 Å².